The van der Waals surface area contributed by atoms with Crippen LogP contribution in [0.2, 0.25) is 0 Å². The van der Waals surface area contributed by atoms with Crippen molar-refractivity contribution in [2.75, 3.05) is 11.1 Å². The Labute approximate surface area is 213 Å². The molecule has 0 atom stereocenters. The summed E-state index contributed by atoms with van der Waals surface area (Å²) in [5, 5.41) is 3.10. The van der Waals surface area contributed by atoms with Crippen LogP contribution in [0.4, 0.5) is 17.1 Å². The zero-order valence-electron chi connectivity index (χ0n) is 18.0. The summed E-state index contributed by atoms with van der Waals surface area (Å²) in [4.78, 5) is 26.0. The molecule has 0 heterocycles. The van der Waals surface area contributed by atoms with E-state index < -0.39 is 32.3 Å². The van der Waals surface area contributed by atoms with Crippen molar-refractivity contribution < 1.29 is 22.6 Å². The molecule has 4 N–H and O–H groups in total. The van der Waals surface area contributed by atoms with E-state index in [9.17, 15) is 22.6 Å². The molecule has 0 saturated heterocycles. The topological polar surface area (TPSA) is 127 Å². The van der Waals surface area contributed by atoms with E-state index >= 15 is 0 Å². The molecular weight excluding hydrogens is 451 g/mol. The molecule has 0 spiro atoms. The summed E-state index contributed by atoms with van der Waals surface area (Å²) in [6.45, 7) is 0. The average Bonchev–Trinajstić information content (AvgIpc) is 2.77. The molecule has 0 aromatic heterocycles. The first-order valence-corrected chi connectivity index (χ1v) is 11.7. The Morgan fingerprint density at radius 2 is 1.45 bits per heavy atom. The van der Waals surface area contributed by atoms with Crippen LogP contribution in [0.15, 0.2) is 53.4 Å². The van der Waals surface area contributed by atoms with Crippen LogP contribution in [0.5, 0.6) is 0 Å². The Morgan fingerprint density at radius 3 is 2.09 bits per heavy atom. The summed E-state index contributed by atoms with van der Waals surface area (Å²) in [5.41, 5.74) is 8.92. The van der Waals surface area contributed by atoms with Crippen molar-refractivity contribution in [1.82, 2.24) is 0 Å². The van der Waals surface area contributed by atoms with Crippen molar-refractivity contribution >= 4 is 68.3 Å². The van der Waals surface area contributed by atoms with E-state index in [1.165, 1.54) is 17.2 Å². The van der Waals surface area contributed by atoms with Crippen LogP contribution in [0.3, 0.4) is 0 Å². The van der Waals surface area contributed by atoms with Gasteiger partial charge >= 0.3 is 0 Å². The monoisotopic (exact) mass is 471 g/mol. The Morgan fingerprint density at radius 1 is 0.848 bits per heavy atom. The molecule has 0 saturated carbocycles. The van der Waals surface area contributed by atoms with E-state index in [2.05, 4.69) is 5.32 Å². The maximum Gasteiger partial charge on any atom is 0.296 e. The van der Waals surface area contributed by atoms with E-state index in [0.29, 0.717) is 5.69 Å². The van der Waals surface area contributed by atoms with Crippen LogP contribution in [0.25, 0.3) is 0 Å². The molecular formula is C24H20N2NaO5S. The van der Waals surface area contributed by atoms with Crippen molar-refractivity contribution in [2.24, 2.45) is 0 Å². The van der Waals surface area contributed by atoms with Gasteiger partial charge in [0.15, 0.2) is 11.6 Å². The third-order valence-electron chi connectivity index (χ3n) is 6.11. The molecule has 0 fully saturated rings. The minimum atomic E-state index is -4.74. The van der Waals surface area contributed by atoms with Gasteiger partial charge in [0.1, 0.15) is 4.90 Å². The molecule has 0 unspecified atom stereocenters. The first-order chi connectivity index (χ1) is 15.3. The predicted octanol–water partition coefficient (Wildman–Crippen LogP) is 3.53. The Hall–Kier alpha value is -2.49. The number of aryl methyl sites for hydroxylation is 2. The van der Waals surface area contributed by atoms with Crippen LogP contribution in [0.1, 0.15) is 55.8 Å². The Kier molecular flexibility index (Phi) is 6.24. The number of carbonyl (C=O) groups excluding carboxylic acids is 2. The normalized spacial score (nSPS) is 14.6. The van der Waals surface area contributed by atoms with Gasteiger partial charge in [-0.3, -0.25) is 14.1 Å². The number of nitrogens with one attached hydrogen (secondary N) is 1. The number of carbonyl (C=O) groups is 2. The SMILES string of the molecule is Nc1c(S(=O)(=O)O)cc(Nc2ccc3c(c2)CCCC3)c2c1C(=O)c1ccccc1C2=O.[Na]. The number of anilines is 3. The van der Waals surface area contributed by atoms with Crippen molar-refractivity contribution in [2.45, 2.75) is 30.6 Å². The first-order valence-electron chi connectivity index (χ1n) is 10.3. The number of hydrogen-bond donors (Lipinski definition) is 3. The fourth-order valence-corrected chi connectivity index (χ4v) is 5.22. The van der Waals surface area contributed by atoms with Crippen molar-refractivity contribution in [3.8, 4) is 0 Å². The number of rotatable bonds is 3. The maximum atomic E-state index is 13.4. The zero-order valence-corrected chi connectivity index (χ0v) is 20.8. The third kappa shape index (κ3) is 4.02. The van der Waals surface area contributed by atoms with E-state index in [4.69, 9.17) is 5.73 Å². The van der Waals surface area contributed by atoms with Crippen LogP contribution in [-0.2, 0) is 23.0 Å². The summed E-state index contributed by atoms with van der Waals surface area (Å²) in [7, 11) is -4.74. The van der Waals surface area contributed by atoms with Crippen LogP contribution in [-0.4, -0.2) is 54.1 Å². The van der Waals surface area contributed by atoms with Gasteiger partial charge in [-0.1, -0.05) is 30.3 Å². The molecule has 163 valence electrons. The second-order valence-electron chi connectivity index (χ2n) is 8.08. The van der Waals surface area contributed by atoms with Crippen molar-refractivity contribution in [3.05, 3.63) is 81.9 Å². The third-order valence-corrected chi connectivity index (χ3v) is 7.00. The van der Waals surface area contributed by atoms with Gasteiger partial charge in [-0.15, -0.1) is 0 Å². The molecule has 9 heteroatoms. The van der Waals surface area contributed by atoms with Gasteiger partial charge in [0.2, 0.25) is 0 Å². The molecule has 5 rings (SSSR count). The second kappa shape index (κ2) is 8.70. The molecule has 33 heavy (non-hydrogen) atoms. The number of ketones is 2. The zero-order chi connectivity index (χ0) is 22.6. The number of fused-ring (bicyclic) bond motifs is 3. The molecule has 2 aliphatic rings. The minimum Gasteiger partial charge on any atom is -0.397 e. The molecule has 7 nitrogen and oxygen atoms in total. The van der Waals surface area contributed by atoms with Gasteiger partial charge in [-0.25, -0.2) is 0 Å². The summed E-state index contributed by atoms with van der Waals surface area (Å²) in [6.07, 6.45) is 4.17. The molecule has 3 aromatic rings. The smallest absolute Gasteiger partial charge is 0.296 e. The standard InChI is InChI=1S/C24H20N2O5S.Na/c25-22-19(32(29,30)31)12-18(26-15-10-9-13-5-1-2-6-14(13)11-15)20-21(22)24(28)17-8-4-3-7-16(17)23(20)27;/h3-4,7-12,26H,1-2,5-6,25H2,(H,29,30,31);. The van der Waals surface area contributed by atoms with Gasteiger partial charge < -0.3 is 11.1 Å². The number of nitrogens with two attached hydrogens (primary N) is 1. The average molecular weight is 471 g/mol. The quantitative estimate of drug-likeness (QED) is 0.237. The van der Waals surface area contributed by atoms with Crippen molar-refractivity contribution in [1.29, 1.82) is 0 Å². The summed E-state index contributed by atoms with van der Waals surface area (Å²) < 4.78 is 33.8. The van der Waals surface area contributed by atoms with Crippen LogP contribution in [0, 0.1) is 0 Å². The predicted molar refractivity (Wildman–Crippen MR) is 126 cm³/mol. The van der Waals surface area contributed by atoms with E-state index in [-0.39, 0.29) is 57.5 Å². The maximum absolute atomic E-state index is 13.4. The number of nitrogen functional groups attached to an aromatic ring is 1. The summed E-state index contributed by atoms with van der Waals surface area (Å²) in [5.74, 6) is -1.00. The largest absolute Gasteiger partial charge is 0.397 e. The summed E-state index contributed by atoms with van der Waals surface area (Å²) in [6, 6.07) is 13.2. The Balaban J connectivity index is 0.00000259. The fraction of sp³-hybridized carbons (Fsp3) is 0.167. The van der Waals surface area contributed by atoms with E-state index in [1.807, 2.05) is 18.2 Å². The van der Waals surface area contributed by atoms with E-state index in [0.717, 1.165) is 31.7 Å². The van der Waals surface area contributed by atoms with Gasteiger partial charge in [0.05, 0.1) is 22.5 Å². The molecule has 2 aliphatic carbocycles. The Bertz CT molecular complexity index is 1430. The second-order valence-corrected chi connectivity index (χ2v) is 9.47. The molecule has 0 amide bonds. The first kappa shape index (κ1) is 23.7. The van der Waals surface area contributed by atoms with Gasteiger partial charge in [0.25, 0.3) is 10.1 Å². The van der Waals surface area contributed by atoms with Gasteiger partial charge in [0, 0.05) is 46.4 Å². The molecule has 1 radical (unpaired) electrons. The molecule has 0 bridgehead atoms. The minimum absolute atomic E-state index is 0. The number of benzene rings is 3. The van der Waals surface area contributed by atoms with Gasteiger partial charge in [-0.05, 0) is 55.0 Å². The summed E-state index contributed by atoms with van der Waals surface area (Å²) >= 11 is 0. The number of hydrogen-bond acceptors (Lipinski definition) is 6. The fourth-order valence-electron chi connectivity index (χ4n) is 4.57. The molecule has 3 aromatic carbocycles. The molecule has 0 aliphatic heterocycles. The van der Waals surface area contributed by atoms with Crippen molar-refractivity contribution in [3.63, 3.8) is 0 Å². The van der Waals surface area contributed by atoms with Crippen LogP contribution >= 0.6 is 0 Å². The van der Waals surface area contributed by atoms with Gasteiger partial charge in [-0.2, -0.15) is 8.42 Å². The van der Waals surface area contributed by atoms with Crippen LogP contribution < -0.4 is 11.1 Å². The van der Waals surface area contributed by atoms with E-state index in [1.54, 1.807) is 18.2 Å².